The Morgan fingerprint density at radius 1 is 1.54 bits per heavy atom. The van der Waals surface area contributed by atoms with Crippen LogP contribution in [0.5, 0.6) is 0 Å². The summed E-state index contributed by atoms with van der Waals surface area (Å²) in [6.45, 7) is 1.69. The highest BCUT2D eigenvalue weighted by atomic mass is 16.6. The fourth-order valence-electron chi connectivity index (χ4n) is 0.910. The minimum Gasteiger partial charge on any atom is -0.357 e. The molecule has 0 aliphatic rings. The van der Waals surface area contributed by atoms with E-state index in [1.165, 1.54) is 6.20 Å². The van der Waals surface area contributed by atoms with Gasteiger partial charge in [-0.15, -0.1) is 0 Å². The van der Waals surface area contributed by atoms with Gasteiger partial charge in [-0.1, -0.05) is 0 Å². The molecule has 70 valence electrons. The Morgan fingerprint density at radius 2 is 2.15 bits per heavy atom. The van der Waals surface area contributed by atoms with Crippen LogP contribution in [0.2, 0.25) is 0 Å². The standard InChI is InChI=1S/C7H10N4O2/c1-5-8-4-6(11(12)13)7(9-5)10(2)3/h4H,1-3H3. The zero-order valence-electron chi connectivity index (χ0n) is 7.68. The molecule has 0 amide bonds. The first kappa shape index (κ1) is 9.37. The van der Waals surface area contributed by atoms with E-state index in [-0.39, 0.29) is 5.69 Å². The van der Waals surface area contributed by atoms with E-state index in [0.29, 0.717) is 11.6 Å². The Morgan fingerprint density at radius 3 is 2.62 bits per heavy atom. The fourth-order valence-corrected chi connectivity index (χ4v) is 0.910. The van der Waals surface area contributed by atoms with Crippen LogP contribution in [0.1, 0.15) is 5.82 Å². The Bertz CT molecular complexity index is 337. The molecule has 13 heavy (non-hydrogen) atoms. The van der Waals surface area contributed by atoms with Crippen molar-refractivity contribution < 1.29 is 4.92 Å². The fraction of sp³-hybridized carbons (Fsp3) is 0.429. The van der Waals surface area contributed by atoms with Crippen molar-refractivity contribution in [3.63, 3.8) is 0 Å². The average molecular weight is 182 g/mol. The van der Waals surface area contributed by atoms with Crippen molar-refractivity contribution in [2.45, 2.75) is 6.92 Å². The highest BCUT2D eigenvalue weighted by Gasteiger charge is 2.17. The van der Waals surface area contributed by atoms with Crippen molar-refractivity contribution in [1.82, 2.24) is 9.97 Å². The van der Waals surface area contributed by atoms with Crippen LogP contribution in [-0.2, 0) is 0 Å². The second-order valence-corrected chi connectivity index (χ2v) is 2.78. The minimum atomic E-state index is -0.491. The molecule has 0 spiro atoms. The molecule has 6 nitrogen and oxygen atoms in total. The normalized spacial score (nSPS) is 9.77. The number of aryl methyl sites for hydroxylation is 1. The number of nitro groups is 1. The quantitative estimate of drug-likeness (QED) is 0.498. The van der Waals surface area contributed by atoms with Gasteiger partial charge in [0.25, 0.3) is 0 Å². The lowest BCUT2D eigenvalue weighted by molar-refractivity contribution is -0.384. The molecule has 0 saturated heterocycles. The van der Waals surface area contributed by atoms with Gasteiger partial charge in [-0.3, -0.25) is 10.1 Å². The topological polar surface area (TPSA) is 72.2 Å². The number of nitrogens with zero attached hydrogens (tertiary/aromatic N) is 4. The van der Waals surface area contributed by atoms with Crippen molar-refractivity contribution in [3.8, 4) is 0 Å². The molecule has 6 heteroatoms. The summed E-state index contributed by atoms with van der Waals surface area (Å²) in [5.74, 6) is 0.854. The SMILES string of the molecule is Cc1ncc([N+](=O)[O-])c(N(C)C)n1. The number of anilines is 1. The third-order valence-electron chi connectivity index (χ3n) is 1.49. The smallest absolute Gasteiger partial charge is 0.329 e. The highest BCUT2D eigenvalue weighted by molar-refractivity contribution is 5.55. The maximum absolute atomic E-state index is 10.5. The van der Waals surface area contributed by atoms with E-state index < -0.39 is 4.92 Å². The van der Waals surface area contributed by atoms with Crippen molar-refractivity contribution in [1.29, 1.82) is 0 Å². The van der Waals surface area contributed by atoms with Crippen molar-refractivity contribution in [3.05, 3.63) is 22.1 Å². The van der Waals surface area contributed by atoms with Gasteiger partial charge in [-0.05, 0) is 6.92 Å². The summed E-state index contributed by atoms with van der Waals surface area (Å²) in [7, 11) is 3.41. The zero-order valence-corrected chi connectivity index (χ0v) is 7.68. The molecule has 0 atom stereocenters. The van der Waals surface area contributed by atoms with Gasteiger partial charge < -0.3 is 4.90 Å². The van der Waals surface area contributed by atoms with Gasteiger partial charge in [0, 0.05) is 14.1 Å². The number of aromatic nitrogens is 2. The second-order valence-electron chi connectivity index (χ2n) is 2.78. The molecule has 1 heterocycles. The summed E-state index contributed by atoms with van der Waals surface area (Å²) in [6.07, 6.45) is 1.22. The lowest BCUT2D eigenvalue weighted by Gasteiger charge is -2.10. The molecule has 1 aromatic rings. The number of hydrogen-bond donors (Lipinski definition) is 0. The Hall–Kier alpha value is -1.72. The zero-order chi connectivity index (χ0) is 10.0. The van der Waals surface area contributed by atoms with Gasteiger partial charge >= 0.3 is 5.69 Å². The molecule has 0 unspecified atom stereocenters. The summed E-state index contributed by atoms with van der Waals surface area (Å²) in [5.41, 5.74) is -0.0735. The molecule has 0 radical (unpaired) electrons. The minimum absolute atomic E-state index is 0.0735. The second kappa shape index (κ2) is 3.34. The molecule has 0 saturated carbocycles. The molecule has 0 aliphatic carbocycles. The first-order chi connectivity index (χ1) is 6.02. The Kier molecular flexibility index (Phi) is 2.41. The molecular formula is C7H10N4O2. The predicted molar refractivity (Wildman–Crippen MR) is 47.8 cm³/mol. The highest BCUT2D eigenvalue weighted by Crippen LogP contribution is 2.22. The summed E-state index contributed by atoms with van der Waals surface area (Å²) >= 11 is 0. The van der Waals surface area contributed by atoms with E-state index in [4.69, 9.17) is 0 Å². The van der Waals surface area contributed by atoms with Gasteiger partial charge in [0.05, 0.1) is 4.92 Å². The predicted octanol–water partition coefficient (Wildman–Crippen LogP) is 0.759. The van der Waals surface area contributed by atoms with E-state index in [9.17, 15) is 10.1 Å². The number of hydrogen-bond acceptors (Lipinski definition) is 5. The van der Waals surface area contributed by atoms with Gasteiger partial charge in [-0.25, -0.2) is 9.97 Å². The van der Waals surface area contributed by atoms with E-state index >= 15 is 0 Å². The largest absolute Gasteiger partial charge is 0.357 e. The van der Waals surface area contributed by atoms with Crippen LogP contribution in [0.3, 0.4) is 0 Å². The molecular weight excluding hydrogens is 172 g/mol. The maximum atomic E-state index is 10.5. The van der Waals surface area contributed by atoms with Crippen LogP contribution in [0.25, 0.3) is 0 Å². The maximum Gasteiger partial charge on any atom is 0.329 e. The molecule has 0 aliphatic heterocycles. The summed E-state index contributed by atoms with van der Waals surface area (Å²) in [4.78, 5) is 19.4. The van der Waals surface area contributed by atoms with Crippen LogP contribution < -0.4 is 4.90 Å². The monoisotopic (exact) mass is 182 g/mol. The third kappa shape index (κ3) is 1.90. The first-order valence-electron chi connectivity index (χ1n) is 3.67. The lowest BCUT2D eigenvalue weighted by Crippen LogP contribution is -2.14. The molecule has 0 aromatic carbocycles. The average Bonchev–Trinajstić information content (AvgIpc) is 2.03. The summed E-state index contributed by atoms with van der Waals surface area (Å²) in [6, 6.07) is 0. The van der Waals surface area contributed by atoms with Crippen LogP contribution >= 0.6 is 0 Å². The van der Waals surface area contributed by atoms with Crippen LogP contribution in [0.4, 0.5) is 11.5 Å². The van der Waals surface area contributed by atoms with E-state index in [1.807, 2.05) is 0 Å². The van der Waals surface area contributed by atoms with E-state index in [1.54, 1.807) is 25.9 Å². The molecule has 0 bridgehead atoms. The van der Waals surface area contributed by atoms with Gasteiger partial charge in [0.2, 0.25) is 5.82 Å². The van der Waals surface area contributed by atoms with Crippen molar-refractivity contribution in [2.24, 2.45) is 0 Å². The summed E-state index contributed by atoms with van der Waals surface area (Å²) < 4.78 is 0. The summed E-state index contributed by atoms with van der Waals surface area (Å²) in [5, 5.41) is 10.5. The first-order valence-corrected chi connectivity index (χ1v) is 3.67. The molecule has 1 rings (SSSR count). The van der Waals surface area contributed by atoms with Crippen LogP contribution in [0, 0.1) is 17.0 Å². The van der Waals surface area contributed by atoms with Crippen molar-refractivity contribution >= 4 is 11.5 Å². The Balaban J connectivity index is 3.26. The number of rotatable bonds is 2. The van der Waals surface area contributed by atoms with E-state index in [0.717, 1.165) is 0 Å². The lowest BCUT2D eigenvalue weighted by atomic mass is 10.4. The Labute approximate surface area is 75.4 Å². The molecule has 1 aromatic heterocycles. The van der Waals surface area contributed by atoms with E-state index in [2.05, 4.69) is 9.97 Å². The van der Waals surface area contributed by atoms with Crippen molar-refractivity contribution in [2.75, 3.05) is 19.0 Å². The third-order valence-corrected chi connectivity index (χ3v) is 1.49. The van der Waals surface area contributed by atoms with Gasteiger partial charge in [-0.2, -0.15) is 0 Å². The van der Waals surface area contributed by atoms with Gasteiger partial charge in [0.1, 0.15) is 12.0 Å². The van der Waals surface area contributed by atoms with Crippen LogP contribution in [-0.4, -0.2) is 29.0 Å². The van der Waals surface area contributed by atoms with Crippen LogP contribution in [0.15, 0.2) is 6.20 Å². The molecule has 0 fully saturated rings. The van der Waals surface area contributed by atoms with Gasteiger partial charge in [0.15, 0.2) is 0 Å². The molecule has 0 N–H and O–H groups in total.